The number of fused-ring (bicyclic) bond motifs is 1. The van der Waals surface area contributed by atoms with E-state index in [1.54, 1.807) is 0 Å². The smallest absolute Gasteiger partial charge is 0.300 e. The molecule has 3 aromatic rings. The molecule has 3 rings (SSSR count). The minimum absolute atomic E-state index is 0.537. The summed E-state index contributed by atoms with van der Waals surface area (Å²) in [6, 6.07) is 12.7. The summed E-state index contributed by atoms with van der Waals surface area (Å²) in [7, 11) is 0. The predicted octanol–water partition coefficient (Wildman–Crippen LogP) is 5.59. The summed E-state index contributed by atoms with van der Waals surface area (Å²) in [5.41, 5.74) is 5.21. The second kappa shape index (κ2) is 5.90. The van der Waals surface area contributed by atoms with Crippen molar-refractivity contribution in [3.63, 3.8) is 0 Å². The van der Waals surface area contributed by atoms with E-state index in [4.69, 9.17) is 4.42 Å². The molecule has 1 aromatic heterocycles. The van der Waals surface area contributed by atoms with Crippen LogP contribution in [0.5, 0.6) is 0 Å². The van der Waals surface area contributed by atoms with Crippen LogP contribution in [0.2, 0.25) is 0 Å². The molecule has 0 unspecified atom stereocenters. The van der Waals surface area contributed by atoms with Crippen molar-refractivity contribution in [3.05, 3.63) is 52.0 Å². The number of halogens is 1. The van der Waals surface area contributed by atoms with Gasteiger partial charge in [-0.05, 0) is 54.8 Å². The number of hydrogen-bond donors (Lipinski definition) is 1. The first-order chi connectivity index (χ1) is 10.2. The van der Waals surface area contributed by atoms with Crippen molar-refractivity contribution in [2.75, 3.05) is 5.32 Å². The highest BCUT2D eigenvalue weighted by atomic mass is 79.9. The highest BCUT2D eigenvalue weighted by Gasteiger charge is 2.11. The van der Waals surface area contributed by atoms with Gasteiger partial charge in [0.05, 0.1) is 0 Å². The van der Waals surface area contributed by atoms with Crippen LogP contribution in [0.15, 0.2) is 45.3 Å². The van der Waals surface area contributed by atoms with Crippen LogP contribution in [-0.2, 0) is 6.42 Å². The monoisotopic (exact) mass is 344 g/mol. The zero-order valence-corrected chi connectivity index (χ0v) is 13.7. The molecule has 0 bridgehead atoms. The molecule has 108 valence electrons. The van der Waals surface area contributed by atoms with Gasteiger partial charge in [-0.2, -0.15) is 4.98 Å². The Morgan fingerprint density at radius 2 is 1.95 bits per heavy atom. The van der Waals surface area contributed by atoms with Gasteiger partial charge in [-0.25, -0.2) is 0 Å². The van der Waals surface area contributed by atoms with Crippen molar-refractivity contribution in [1.29, 1.82) is 0 Å². The topological polar surface area (TPSA) is 38.1 Å². The van der Waals surface area contributed by atoms with Crippen LogP contribution in [0.3, 0.4) is 0 Å². The summed E-state index contributed by atoms with van der Waals surface area (Å²) in [6.45, 7) is 4.26. The normalized spacial score (nSPS) is 11.0. The first kappa shape index (κ1) is 14.1. The lowest BCUT2D eigenvalue weighted by Gasteiger charge is -2.01. The zero-order chi connectivity index (χ0) is 14.8. The molecule has 0 saturated carbocycles. The summed E-state index contributed by atoms with van der Waals surface area (Å²) in [5.74, 6) is 0. The van der Waals surface area contributed by atoms with Crippen LogP contribution < -0.4 is 5.32 Å². The van der Waals surface area contributed by atoms with Crippen molar-refractivity contribution in [1.82, 2.24) is 4.98 Å². The molecule has 0 saturated heterocycles. The number of hydrogen-bond acceptors (Lipinski definition) is 3. The fraction of sp³-hybridized carbons (Fsp3) is 0.235. The molecule has 0 fully saturated rings. The maximum atomic E-state index is 5.91. The molecule has 4 heteroatoms. The van der Waals surface area contributed by atoms with Gasteiger partial charge >= 0.3 is 0 Å². The van der Waals surface area contributed by atoms with Gasteiger partial charge < -0.3 is 9.73 Å². The number of nitrogens with one attached hydrogen (secondary N) is 1. The van der Waals surface area contributed by atoms with E-state index < -0.39 is 0 Å². The Kier molecular flexibility index (Phi) is 3.97. The molecule has 0 amide bonds. The Balaban J connectivity index is 1.96. The summed E-state index contributed by atoms with van der Waals surface area (Å²) >= 11 is 3.43. The van der Waals surface area contributed by atoms with Crippen molar-refractivity contribution in [2.45, 2.75) is 26.7 Å². The Hall–Kier alpha value is -1.81. The van der Waals surface area contributed by atoms with Gasteiger partial charge in [0.1, 0.15) is 5.52 Å². The van der Waals surface area contributed by atoms with Crippen LogP contribution in [0.1, 0.15) is 24.5 Å². The maximum Gasteiger partial charge on any atom is 0.300 e. The van der Waals surface area contributed by atoms with Gasteiger partial charge in [0, 0.05) is 10.2 Å². The Labute approximate surface area is 132 Å². The molecule has 0 radical (unpaired) electrons. The van der Waals surface area contributed by atoms with Crippen LogP contribution >= 0.6 is 15.9 Å². The molecular formula is C17H17BrN2O. The highest BCUT2D eigenvalue weighted by molar-refractivity contribution is 9.10. The SMILES string of the molecule is CCCc1cc(C)cc2nc(Nc3ccc(Br)cc3)oc12. The van der Waals surface area contributed by atoms with Gasteiger partial charge in [0.15, 0.2) is 5.58 Å². The minimum Gasteiger partial charge on any atom is -0.423 e. The molecule has 0 aliphatic rings. The van der Waals surface area contributed by atoms with Crippen molar-refractivity contribution in [3.8, 4) is 0 Å². The molecule has 1 heterocycles. The Morgan fingerprint density at radius 1 is 1.19 bits per heavy atom. The molecule has 1 N–H and O–H groups in total. The Morgan fingerprint density at radius 3 is 2.67 bits per heavy atom. The molecule has 0 atom stereocenters. The average Bonchev–Trinajstić information content (AvgIpc) is 2.84. The zero-order valence-electron chi connectivity index (χ0n) is 12.1. The number of rotatable bonds is 4. The van der Waals surface area contributed by atoms with Gasteiger partial charge in [0.25, 0.3) is 6.01 Å². The number of benzene rings is 2. The quantitative estimate of drug-likeness (QED) is 0.669. The maximum absolute atomic E-state index is 5.91. The highest BCUT2D eigenvalue weighted by Crippen LogP contribution is 2.27. The standard InChI is InChI=1S/C17H17BrN2O/c1-3-4-12-9-11(2)10-15-16(12)21-17(20-15)19-14-7-5-13(18)6-8-14/h5-10H,3-4H2,1-2H3,(H,19,20). The number of nitrogens with zero attached hydrogens (tertiary/aromatic N) is 1. The van der Waals surface area contributed by atoms with Crippen LogP contribution in [0.25, 0.3) is 11.1 Å². The fourth-order valence-corrected chi connectivity index (χ4v) is 2.69. The van der Waals surface area contributed by atoms with E-state index in [1.807, 2.05) is 24.3 Å². The van der Waals surface area contributed by atoms with Crippen LogP contribution in [0, 0.1) is 6.92 Å². The van der Waals surface area contributed by atoms with E-state index in [-0.39, 0.29) is 0 Å². The van der Waals surface area contributed by atoms with Crippen molar-refractivity contribution in [2.24, 2.45) is 0 Å². The van der Waals surface area contributed by atoms with E-state index in [1.165, 1.54) is 11.1 Å². The fourth-order valence-electron chi connectivity index (χ4n) is 2.42. The lowest BCUT2D eigenvalue weighted by Crippen LogP contribution is -1.89. The molecule has 0 aliphatic heterocycles. The first-order valence-electron chi connectivity index (χ1n) is 7.08. The summed E-state index contributed by atoms with van der Waals surface area (Å²) in [6.07, 6.45) is 2.10. The van der Waals surface area contributed by atoms with E-state index in [0.717, 1.165) is 34.1 Å². The molecule has 3 nitrogen and oxygen atoms in total. The summed E-state index contributed by atoms with van der Waals surface area (Å²) in [5, 5.41) is 3.21. The van der Waals surface area contributed by atoms with Crippen LogP contribution in [0.4, 0.5) is 11.7 Å². The molecular weight excluding hydrogens is 328 g/mol. The lowest BCUT2D eigenvalue weighted by molar-refractivity contribution is 0.617. The van der Waals surface area contributed by atoms with E-state index in [0.29, 0.717) is 6.01 Å². The largest absolute Gasteiger partial charge is 0.423 e. The van der Waals surface area contributed by atoms with E-state index >= 15 is 0 Å². The number of anilines is 2. The van der Waals surface area contributed by atoms with Gasteiger partial charge in [-0.15, -0.1) is 0 Å². The van der Waals surface area contributed by atoms with Gasteiger partial charge in [-0.3, -0.25) is 0 Å². The summed E-state index contributed by atoms with van der Waals surface area (Å²) < 4.78 is 6.95. The third-order valence-corrected chi connectivity index (χ3v) is 3.85. The van der Waals surface area contributed by atoms with Crippen molar-refractivity contribution >= 4 is 38.7 Å². The molecule has 2 aromatic carbocycles. The number of oxazole rings is 1. The summed E-state index contributed by atoms with van der Waals surface area (Å²) in [4.78, 5) is 4.54. The van der Waals surface area contributed by atoms with E-state index in [9.17, 15) is 0 Å². The van der Waals surface area contributed by atoms with Crippen LogP contribution in [-0.4, -0.2) is 4.98 Å². The van der Waals surface area contributed by atoms with E-state index in [2.05, 4.69) is 52.2 Å². The second-order valence-corrected chi connectivity index (χ2v) is 6.09. The minimum atomic E-state index is 0.537. The third kappa shape index (κ3) is 3.10. The first-order valence-corrected chi connectivity index (χ1v) is 7.87. The third-order valence-electron chi connectivity index (χ3n) is 3.33. The average molecular weight is 345 g/mol. The Bertz CT molecular complexity index is 762. The van der Waals surface area contributed by atoms with Gasteiger partial charge in [0.2, 0.25) is 0 Å². The molecule has 0 spiro atoms. The number of aromatic nitrogens is 1. The second-order valence-electron chi connectivity index (χ2n) is 5.17. The van der Waals surface area contributed by atoms with Crippen molar-refractivity contribution < 1.29 is 4.42 Å². The predicted molar refractivity (Wildman–Crippen MR) is 90.2 cm³/mol. The number of aryl methyl sites for hydroxylation is 2. The van der Waals surface area contributed by atoms with Gasteiger partial charge in [-0.1, -0.05) is 35.3 Å². The molecule has 21 heavy (non-hydrogen) atoms. The molecule has 0 aliphatic carbocycles. The lowest BCUT2D eigenvalue weighted by atomic mass is 10.1.